The van der Waals surface area contributed by atoms with Crippen LogP contribution in [0.5, 0.6) is 5.75 Å². The van der Waals surface area contributed by atoms with Crippen LogP contribution in [0.1, 0.15) is 25.3 Å². The van der Waals surface area contributed by atoms with Gasteiger partial charge in [0, 0.05) is 24.0 Å². The molecule has 0 N–H and O–H groups in total. The lowest BCUT2D eigenvalue weighted by Gasteiger charge is -2.21. The van der Waals surface area contributed by atoms with E-state index in [0.717, 1.165) is 31.3 Å². The Morgan fingerprint density at radius 3 is 2.72 bits per heavy atom. The zero-order chi connectivity index (χ0) is 13.4. The maximum atomic E-state index is 14.0. The first-order valence-corrected chi connectivity index (χ1v) is 7.44. The number of ether oxygens (including phenoxy) is 1. The van der Waals surface area contributed by atoms with Crippen LogP contribution >= 0.6 is 15.9 Å². The molecule has 0 atom stereocenters. The quantitative estimate of drug-likeness (QED) is 0.676. The molecule has 1 aromatic carbocycles. The summed E-state index contributed by atoms with van der Waals surface area (Å²) in [7, 11) is 1.50. The van der Waals surface area contributed by atoms with Gasteiger partial charge in [-0.1, -0.05) is 41.4 Å². The molecule has 18 heavy (non-hydrogen) atoms. The van der Waals surface area contributed by atoms with Crippen LogP contribution in [0.2, 0.25) is 0 Å². The molecular formula is C14H21BrFNO. The second-order valence-corrected chi connectivity index (χ2v) is 5.05. The van der Waals surface area contributed by atoms with Crippen LogP contribution in [-0.2, 0) is 6.54 Å². The second kappa shape index (κ2) is 8.48. The lowest BCUT2D eigenvalue weighted by molar-refractivity contribution is 0.272. The Hall–Kier alpha value is -0.610. The number of benzene rings is 1. The minimum Gasteiger partial charge on any atom is -0.494 e. The topological polar surface area (TPSA) is 12.5 Å². The molecule has 0 fully saturated rings. The SMILES string of the molecule is CCCCN(CCBr)Cc1cccc(OC)c1F. The fourth-order valence-electron chi connectivity index (χ4n) is 1.85. The van der Waals surface area contributed by atoms with Crippen LogP contribution in [0.15, 0.2) is 18.2 Å². The van der Waals surface area contributed by atoms with Crippen LogP contribution in [0.4, 0.5) is 4.39 Å². The molecule has 0 aliphatic heterocycles. The second-order valence-electron chi connectivity index (χ2n) is 4.25. The highest BCUT2D eigenvalue weighted by Gasteiger charge is 2.12. The first kappa shape index (κ1) is 15.4. The highest BCUT2D eigenvalue weighted by Crippen LogP contribution is 2.21. The molecule has 0 aliphatic rings. The highest BCUT2D eigenvalue weighted by atomic mass is 79.9. The zero-order valence-electron chi connectivity index (χ0n) is 11.1. The first-order chi connectivity index (χ1) is 8.72. The summed E-state index contributed by atoms with van der Waals surface area (Å²) >= 11 is 3.44. The van der Waals surface area contributed by atoms with Gasteiger partial charge >= 0.3 is 0 Å². The van der Waals surface area contributed by atoms with Crippen molar-refractivity contribution >= 4 is 15.9 Å². The van der Waals surface area contributed by atoms with E-state index in [2.05, 4.69) is 27.8 Å². The Labute approximate surface area is 117 Å². The smallest absolute Gasteiger partial charge is 0.169 e. The number of alkyl halides is 1. The summed E-state index contributed by atoms with van der Waals surface area (Å²) in [5, 5.41) is 0.905. The summed E-state index contributed by atoms with van der Waals surface area (Å²) in [4.78, 5) is 2.26. The number of hydrogen-bond donors (Lipinski definition) is 0. The average Bonchev–Trinajstić information content (AvgIpc) is 2.38. The third-order valence-corrected chi connectivity index (χ3v) is 3.24. The molecule has 102 valence electrons. The van der Waals surface area contributed by atoms with E-state index in [9.17, 15) is 4.39 Å². The van der Waals surface area contributed by atoms with E-state index in [0.29, 0.717) is 17.9 Å². The summed E-state index contributed by atoms with van der Waals surface area (Å²) in [5.41, 5.74) is 0.700. The number of methoxy groups -OCH3 is 1. The van der Waals surface area contributed by atoms with Gasteiger partial charge < -0.3 is 4.74 Å². The van der Waals surface area contributed by atoms with Gasteiger partial charge in [-0.15, -0.1) is 0 Å². The zero-order valence-corrected chi connectivity index (χ0v) is 12.7. The number of nitrogens with zero attached hydrogens (tertiary/aromatic N) is 1. The monoisotopic (exact) mass is 317 g/mol. The van der Waals surface area contributed by atoms with E-state index >= 15 is 0 Å². The van der Waals surface area contributed by atoms with Gasteiger partial charge in [0.2, 0.25) is 0 Å². The van der Waals surface area contributed by atoms with E-state index in [-0.39, 0.29) is 5.82 Å². The molecular weight excluding hydrogens is 297 g/mol. The molecule has 0 aromatic heterocycles. The largest absolute Gasteiger partial charge is 0.494 e. The minimum absolute atomic E-state index is 0.240. The number of unbranched alkanes of at least 4 members (excludes halogenated alkanes) is 1. The van der Waals surface area contributed by atoms with Crippen molar-refractivity contribution in [2.75, 3.05) is 25.5 Å². The van der Waals surface area contributed by atoms with Crippen LogP contribution in [0, 0.1) is 5.82 Å². The lowest BCUT2D eigenvalue weighted by Crippen LogP contribution is -2.26. The third kappa shape index (κ3) is 4.58. The maximum absolute atomic E-state index is 14.0. The van der Waals surface area contributed by atoms with E-state index in [4.69, 9.17) is 4.74 Å². The van der Waals surface area contributed by atoms with Gasteiger partial charge in [0.25, 0.3) is 0 Å². The molecule has 0 aliphatic carbocycles. The average molecular weight is 318 g/mol. The van der Waals surface area contributed by atoms with Crippen molar-refractivity contribution < 1.29 is 9.13 Å². The van der Waals surface area contributed by atoms with Gasteiger partial charge in [0.15, 0.2) is 11.6 Å². The van der Waals surface area contributed by atoms with Crippen LogP contribution in [0.25, 0.3) is 0 Å². The molecule has 0 bridgehead atoms. The Morgan fingerprint density at radius 1 is 1.33 bits per heavy atom. The molecule has 0 spiro atoms. The molecule has 0 heterocycles. The van der Waals surface area contributed by atoms with Crippen molar-refractivity contribution in [1.82, 2.24) is 4.90 Å². The number of rotatable bonds is 8. The van der Waals surface area contributed by atoms with Gasteiger partial charge in [0.1, 0.15) is 0 Å². The molecule has 2 nitrogen and oxygen atoms in total. The molecule has 1 aromatic rings. The molecule has 0 radical (unpaired) electrons. The third-order valence-electron chi connectivity index (χ3n) is 2.89. The van der Waals surface area contributed by atoms with E-state index in [1.54, 1.807) is 6.07 Å². The maximum Gasteiger partial charge on any atom is 0.169 e. The molecule has 0 amide bonds. The number of halogens is 2. The summed E-state index contributed by atoms with van der Waals surface area (Å²) in [6.45, 7) is 4.72. The number of hydrogen-bond acceptors (Lipinski definition) is 2. The molecule has 1 rings (SSSR count). The van der Waals surface area contributed by atoms with Crippen molar-refractivity contribution in [3.05, 3.63) is 29.6 Å². The van der Waals surface area contributed by atoms with Crippen molar-refractivity contribution in [3.8, 4) is 5.75 Å². The van der Waals surface area contributed by atoms with E-state index < -0.39 is 0 Å². The highest BCUT2D eigenvalue weighted by molar-refractivity contribution is 9.09. The lowest BCUT2D eigenvalue weighted by atomic mass is 10.1. The van der Waals surface area contributed by atoms with Crippen LogP contribution in [0.3, 0.4) is 0 Å². The van der Waals surface area contributed by atoms with Gasteiger partial charge in [-0.25, -0.2) is 4.39 Å². The molecule has 0 saturated heterocycles. The Bertz CT molecular complexity index is 360. The van der Waals surface area contributed by atoms with Crippen molar-refractivity contribution in [2.24, 2.45) is 0 Å². The first-order valence-electron chi connectivity index (χ1n) is 6.32. The van der Waals surface area contributed by atoms with Crippen LogP contribution < -0.4 is 4.74 Å². The summed E-state index contributed by atoms with van der Waals surface area (Å²) in [6.07, 6.45) is 2.29. The van der Waals surface area contributed by atoms with Crippen molar-refractivity contribution in [1.29, 1.82) is 0 Å². The normalized spacial score (nSPS) is 10.9. The summed E-state index contributed by atoms with van der Waals surface area (Å²) in [5.74, 6) is 0.0813. The van der Waals surface area contributed by atoms with Gasteiger partial charge in [0.05, 0.1) is 7.11 Å². The predicted molar refractivity (Wildman–Crippen MR) is 76.9 cm³/mol. The summed E-state index contributed by atoms with van der Waals surface area (Å²) in [6, 6.07) is 5.31. The predicted octanol–water partition coefficient (Wildman–Crippen LogP) is 3.83. The minimum atomic E-state index is -0.240. The van der Waals surface area contributed by atoms with Gasteiger partial charge in [-0.05, 0) is 19.0 Å². The van der Waals surface area contributed by atoms with Gasteiger partial charge in [-0.3, -0.25) is 4.90 Å². The summed E-state index contributed by atoms with van der Waals surface area (Å²) < 4.78 is 19.0. The van der Waals surface area contributed by atoms with E-state index in [1.807, 2.05) is 12.1 Å². The molecule has 0 unspecified atom stereocenters. The molecule has 0 saturated carbocycles. The van der Waals surface area contributed by atoms with E-state index in [1.165, 1.54) is 7.11 Å². The van der Waals surface area contributed by atoms with Crippen molar-refractivity contribution in [3.63, 3.8) is 0 Å². The fourth-order valence-corrected chi connectivity index (χ4v) is 2.35. The van der Waals surface area contributed by atoms with Crippen molar-refractivity contribution in [2.45, 2.75) is 26.3 Å². The molecule has 4 heteroatoms. The van der Waals surface area contributed by atoms with Gasteiger partial charge in [-0.2, -0.15) is 0 Å². The standard InChI is InChI=1S/C14H21BrFNO/c1-3-4-9-17(10-8-15)11-12-6-5-7-13(18-2)14(12)16/h5-7H,3-4,8-11H2,1-2H3. The van der Waals surface area contributed by atoms with Crippen LogP contribution in [-0.4, -0.2) is 30.4 Å². The Kier molecular flexibility index (Phi) is 7.28. The Balaban J connectivity index is 2.73. The fraction of sp³-hybridized carbons (Fsp3) is 0.571. The Morgan fingerprint density at radius 2 is 2.11 bits per heavy atom.